The standard InChI is InChI=1S/C25H26F3N3O/c1-25(27,28)20-10-8-19(9-11-20)22-6-3-13-31(22)24-23(26)21(29-16-30-24)12-7-17-4-2-5-18(14-17)15-32/h2,4-5,8-11,14,16,22,32H,3,6-7,12-13,15H2,1H3. The first-order valence-electron chi connectivity index (χ1n) is 10.8. The number of nitrogens with zero attached hydrogens (tertiary/aromatic N) is 3. The van der Waals surface area contributed by atoms with Crippen molar-refractivity contribution in [1.82, 2.24) is 9.97 Å². The van der Waals surface area contributed by atoms with Crippen LogP contribution in [0.25, 0.3) is 0 Å². The van der Waals surface area contributed by atoms with Crippen LogP contribution in [-0.4, -0.2) is 21.6 Å². The summed E-state index contributed by atoms with van der Waals surface area (Å²) in [6.07, 6.45) is 4.05. The van der Waals surface area contributed by atoms with Crippen molar-refractivity contribution in [1.29, 1.82) is 0 Å². The summed E-state index contributed by atoms with van der Waals surface area (Å²) in [4.78, 5) is 10.3. The molecule has 1 N–H and O–H groups in total. The van der Waals surface area contributed by atoms with E-state index in [1.165, 1.54) is 18.5 Å². The summed E-state index contributed by atoms with van der Waals surface area (Å²) in [7, 11) is 0. The predicted molar refractivity (Wildman–Crippen MR) is 117 cm³/mol. The van der Waals surface area contributed by atoms with E-state index in [0.29, 0.717) is 25.1 Å². The Balaban J connectivity index is 1.54. The average Bonchev–Trinajstić information content (AvgIpc) is 3.28. The molecule has 1 saturated heterocycles. The molecule has 0 bridgehead atoms. The van der Waals surface area contributed by atoms with Crippen molar-refractivity contribution < 1.29 is 18.3 Å². The summed E-state index contributed by atoms with van der Waals surface area (Å²) in [6, 6.07) is 13.7. The van der Waals surface area contributed by atoms with Gasteiger partial charge in [0.1, 0.15) is 6.33 Å². The monoisotopic (exact) mass is 441 g/mol. The van der Waals surface area contributed by atoms with Gasteiger partial charge < -0.3 is 10.0 Å². The molecule has 0 radical (unpaired) electrons. The molecule has 3 aromatic rings. The number of rotatable bonds is 7. The Morgan fingerprint density at radius 1 is 1.06 bits per heavy atom. The molecule has 0 saturated carbocycles. The Morgan fingerprint density at radius 3 is 2.53 bits per heavy atom. The van der Waals surface area contributed by atoms with Crippen LogP contribution in [0, 0.1) is 5.82 Å². The molecule has 1 aliphatic heterocycles. The first-order valence-corrected chi connectivity index (χ1v) is 10.8. The minimum absolute atomic E-state index is 0.0346. The number of anilines is 1. The molecule has 7 heteroatoms. The van der Waals surface area contributed by atoms with Crippen molar-refractivity contribution >= 4 is 5.82 Å². The summed E-state index contributed by atoms with van der Waals surface area (Å²) < 4.78 is 42.5. The first kappa shape index (κ1) is 22.3. The molecular weight excluding hydrogens is 415 g/mol. The molecule has 1 unspecified atom stereocenters. The lowest BCUT2D eigenvalue weighted by Crippen LogP contribution is -2.25. The van der Waals surface area contributed by atoms with E-state index >= 15 is 4.39 Å². The molecule has 32 heavy (non-hydrogen) atoms. The highest BCUT2D eigenvalue weighted by atomic mass is 19.3. The number of aliphatic hydroxyl groups is 1. The maximum Gasteiger partial charge on any atom is 0.270 e. The molecule has 168 valence electrons. The largest absolute Gasteiger partial charge is 0.392 e. The third-order valence-corrected chi connectivity index (χ3v) is 5.99. The highest BCUT2D eigenvalue weighted by Crippen LogP contribution is 2.37. The maximum absolute atomic E-state index is 15.4. The van der Waals surface area contributed by atoms with Crippen molar-refractivity contribution in [2.75, 3.05) is 11.4 Å². The fourth-order valence-electron chi connectivity index (χ4n) is 4.28. The van der Waals surface area contributed by atoms with E-state index in [4.69, 9.17) is 0 Å². The zero-order valence-corrected chi connectivity index (χ0v) is 17.9. The zero-order chi connectivity index (χ0) is 22.7. The van der Waals surface area contributed by atoms with Gasteiger partial charge in [-0.1, -0.05) is 48.5 Å². The molecule has 2 aromatic carbocycles. The highest BCUT2D eigenvalue weighted by Gasteiger charge is 2.31. The quantitative estimate of drug-likeness (QED) is 0.537. The van der Waals surface area contributed by atoms with Crippen LogP contribution < -0.4 is 4.90 Å². The number of halogens is 3. The number of aromatic nitrogens is 2. The van der Waals surface area contributed by atoms with Gasteiger partial charge in [0.25, 0.3) is 5.92 Å². The van der Waals surface area contributed by atoms with E-state index in [1.54, 1.807) is 12.1 Å². The number of benzene rings is 2. The van der Waals surface area contributed by atoms with Crippen molar-refractivity contribution in [3.63, 3.8) is 0 Å². The Bertz CT molecular complexity index is 1070. The molecule has 0 aliphatic carbocycles. The summed E-state index contributed by atoms with van der Waals surface area (Å²) in [5.74, 6) is -3.07. The van der Waals surface area contributed by atoms with Crippen LogP contribution in [0.4, 0.5) is 19.0 Å². The van der Waals surface area contributed by atoms with Crippen LogP contribution in [0.2, 0.25) is 0 Å². The summed E-state index contributed by atoms with van der Waals surface area (Å²) in [5, 5.41) is 9.30. The molecule has 2 heterocycles. The summed E-state index contributed by atoms with van der Waals surface area (Å²) >= 11 is 0. The van der Waals surface area contributed by atoms with Crippen molar-refractivity contribution in [3.05, 3.63) is 88.6 Å². The number of hydrogen-bond donors (Lipinski definition) is 1. The van der Waals surface area contributed by atoms with Crippen LogP contribution in [0.15, 0.2) is 54.9 Å². The smallest absolute Gasteiger partial charge is 0.270 e. The van der Waals surface area contributed by atoms with Gasteiger partial charge in [-0.05, 0) is 42.4 Å². The SMILES string of the molecule is CC(F)(F)c1ccc(C2CCCN2c2ncnc(CCc3cccc(CO)c3)c2F)cc1. The van der Waals surface area contributed by atoms with Gasteiger partial charge in [-0.15, -0.1) is 0 Å². The van der Waals surface area contributed by atoms with Crippen LogP contribution >= 0.6 is 0 Å². The number of alkyl halides is 2. The van der Waals surface area contributed by atoms with E-state index in [0.717, 1.165) is 36.5 Å². The van der Waals surface area contributed by atoms with Gasteiger partial charge in [-0.3, -0.25) is 0 Å². The number of aryl methyl sites for hydroxylation is 2. The Morgan fingerprint density at radius 2 is 1.81 bits per heavy atom. The molecule has 1 aromatic heterocycles. The predicted octanol–water partition coefficient (Wildman–Crippen LogP) is 5.35. The molecule has 4 rings (SSSR count). The van der Waals surface area contributed by atoms with E-state index < -0.39 is 11.7 Å². The average molecular weight is 441 g/mol. The summed E-state index contributed by atoms with van der Waals surface area (Å²) in [5.41, 5.74) is 3.00. The Labute approximate surface area is 185 Å². The number of hydrogen-bond acceptors (Lipinski definition) is 4. The third kappa shape index (κ3) is 4.78. The molecule has 1 atom stereocenters. The third-order valence-electron chi connectivity index (χ3n) is 5.99. The molecule has 1 fully saturated rings. The second-order valence-electron chi connectivity index (χ2n) is 8.30. The topological polar surface area (TPSA) is 49.2 Å². The fourth-order valence-corrected chi connectivity index (χ4v) is 4.28. The second-order valence-corrected chi connectivity index (χ2v) is 8.30. The lowest BCUT2D eigenvalue weighted by atomic mass is 10.0. The van der Waals surface area contributed by atoms with Crippen LogP contribution in [0.1, 0.15) is 53.8 Å². The van der Waals surface area contributed by atoms with Gasteiger partial charge in [0.15, 0.2) is 11.6 Å². The van der Waals surface area contributed by atoms with Gasteiger partial charge >= 0.3 is 0 Å². The normalized spacial score (nSPS) is 16.5. The van der Waals surface area contributed by atoms with E-state index in [2.05, 4.69) is 9.97 Å². The van der Waals surface area contributed by atoms with Crippen LogP contribution in [0.5, 0.6) is 0 Å². The fraction of sp³-hybridized carbons (Fsp3) is 0.360. The molecule has 0 spiro atoms. The van der Waals surface area contributed by atoms with E-state index in [-0.39, 0.29) is 24.0 Å². The van der Waals surface area contributed by atoms with Crippen molar-refractivity contribution in [2.24, 2.45) is 0 Å². The molecular formula is C25H26F3N3O. The second kappa shape index (κ2) is 9.28. The van der Waals surface area contributed by atoms with Gasteiger partial charge in [0.05, 0.1) is 18.3 Å². The lowest BCUT2D eigenvalue weighted by molar-refractivity contribution is 0.0174. The molecule has 4 nitrogen and oxygen atoms in total. The zero-order valence-electron chi connectivity index (χ0n) is 17.9. The molecule has 1 aliphatic rings. The lowest BCUT2D eigenvalue weighted by Gasteiger charge is -2.27. The van der Waals surface area contributed by atoms with Gasteiger partial charge in [0.2, 0.25) is 0 Å². The minimum atomic E-state index is -2.89. The Hall–Kier alpha value is -2.93. The van der Waals surface area contributed by atoms with Crippen LogP contribution in [0.3, 0.4) is 0 Å². The minimum Gasteiger partial charge on any atom is -0.392 e. The summed E-state index contributed by atoms with van der Waals surface area (Å²) in [6.45, 7) is 1.48. The number of aliphatic hydroxyl groups excluding tert-OH is 1. The van der Waals surface area contributed by atoms with Gasteiger partial charge in [0, 0.05) is 19.0 Å². The highest BCUT2D eigenvalue weighted by molar-refractivity contribution is 5.46. The Kier molecular flexibility index (Phi) is 6.46. The van der Waals surface area contributed by atoms with Crippen molar-refractivity contribution in [3.8, 4) is 0 Å². The maximum atomic E-state index is 15.4. The van der Waals surface area contributed by atoms with Gasteiger partial charge in [-0.2, -0.15) is 0 Å². The van der Waals surface area contributed by atoms with Crippen molar-refractivity contribution in [2.45, 2.75) is 51.2 Å². The van der Waals surface area contributed by atoms with E-state index in [1.807, 2.05) is 29.2 Å². The van der Waals surface area contributed by atoms with Crippen LogP contribution in [-0.2, 0) is 25.4 Å². The first-order chi connectivity index (χ1) is 15.4. The molecule has 0 amide bonds. The van der Waals surface area contributed by atoms with Gasteiger partial charge in [-0.25, -0.2) is 23.1 Å². The van der Waals surface area contributed by atoms with E-state index in [9.17, 15) is 13.9 Å².